The number of carboxylic acids is 1. The predicted molar refractivity (Wildman–Crippen MR) is 80.3 cm³/mol. The van der Waals surface area contributed by atoms with Crippen molar-refractivity contribution in [1.29, 1.82) is 0 Å². The van der Waals surface area contributed by atoms with E-state index in [1.165, 1.54) is 23.9 Å². The Morgan fingerprint density at radius 2 is 1.87 bits per heavy atom. The van der Waals surface area contributed by atoms with Crippen molar-refractivity contribution in [2.45, 2.75) is 0 Å². The van der Waals surface area contributed by atoms with Gasteiger partial charge in [-0.1, -0.05) is 17.3 Å². The third-order valence-corrected chi connectivity index (χ3v) is 3.32. The van der Waals surface area contributed by atoms with Gasteiger partial charge in [0.05, 0.1) is 7.11 Å². The Hall–Kier alpha value is -3.22. The van der Waals surface area contributed by atoms with Crippen LogP contribution in [-0.2, 0) is 0 Å². The van der Waals surface area contributed by atoms with Gasteiger partial charge in [0.2, 0.25) is 0 Å². The Kier molecular flexibility index (Phi) is 3.76. The molecule has 2 aromatic carbocycles. The molecule has 0 atom stereocenters. The van der Waals surface area contributed by atoms with E-state index in [1.54, 1.807) is 36.4 Å². The lowest BCUT2D eigenvalue weighted by atomic mass is 10.1. The molecule has 0 fully saturated rings. The summed E-state index contributed by atoms with van der Waals surface area (Å²) in [5, 5.41) is 16.8. The maximum atomic E-state index is 14.0. The molecular formula is C16H12FN3O3. The third-order valence-electron chi connectivity index (χ3n) is 3.32. The van der Waals surface area contributed by atoms with Crippen LogP contribution < -0.4 is 4.74 Å². The van der Waals surface area contributed by atoms with Crippen molar-refractivity contribution in [3.05, 3.63) is 60.0 Å². The smallest absolute Gasteiger partial charge is 0.358 e. The molecule has 23 heavy (non-hydrogen) atoms. The minimum absolute atomic E-state index is 0.123. The largest absolute Gasteiger partial charge is 0.497 e. The number of ether oxygens (including phenoxy) is 1. The second-order valence-corrected chi connectivity index (χ2v) is 4.68. The van der Waals surface area contributed by atoms with Gasteiger partial charge in [-0.05, 0) is 36.4 Å². The molecule has 116 valence electrons. The fourth-order valence-electron chi connectivity index (χ4n) is 2.23. The molecule has 7 heteroatoms. The van der Waals surface area contributed by atoms with Gasteiger partial charge in [0, 0.05) is 5.56 Å². The summed E-state index contributed by atoms with van der Waals surface area (Å²) in [7, 11) is 1.53. The molecule has 1 N–H and O–H groups in total. The summed E-state index contributed by atoms with van der Waals surface area (Å²) in [6, 6.07) is 12.7. The summed E-state index contributed by atoms with van der Waals surface area (Å²) in [5.74, 6) is -1.14. The van der Waals surface area contributed by atoms with Crippen molar-refractivity contribution in [2.75, 3.05) is 7.11 Å². The van der Waals surface area contributed by atoms with Crippen LogP contribution in [0.15, 0.2) is 48.5 Å². The molecule has 0 aliphatic carbocycles. The zero-order chi connectivity index (χ0) is 16.4. The van der Waals surface area contributed by atoms with E-state index < -0.39 is 11.8 Å². The minimum atomic E-state index is -1.24. The summed E-state index contributed by atoms with van der Waals surface area (Å²) in [6.45, 7) is 0. The van der Waals surface area contributed by atoms with Gasteiger partial charge in [-0.25, -0.2) is 13.9 Å². The Morgan fingerprint density at radius 3 is 2.48 bits per heavy atom. The molecule has 0 amide bonds. The molecule has 3 aromatic rings. The molecule has 6 nitrogen and oxygen atoms in total. The fraction of sp³-hybridized carbons (Fsp3) is 0.0625. The number of nitrogens with zero attached hydrogens (tertiary/aromatic N) is 3. The molecule has 3 rings (SSSR count). The number of carbonyl (C=O) groups is 1. The fourth-order valence-corrected chi connectivity index (χ4v) is 2.23. The predicted octanol–water partition coefficient (Wildman–Crippen LogP) is 2.78. The second kappa shape index (κ2) is 5.88. The summed E-state index contributed by atoms with van der Waals surface area (Å²) in [4.78, 5) is 11.4. The minimum Gasteiger partial charge on any atom is -0.497 e. The topological polar surface area (TPSA) is 77.2 Å². The number of hydrogen-bond acceptors (Lipinski definition) is 4. The van der Waals surface area contributed by atoms with Crippen molar-refractivity contribution in [1.82, 2.24) is 15.0 Å². The quantitative estimate of drug-likeness (QED) is 0.801. The van der Waals surface area contributed by atoms with Crippen LogP contribution in [0.1, 0.15) is 10.5 Å². The van der Waals surface area contributed by atoms with Gasteiger partial charge in [0.1, 0.15) is 22.9 Å². The molecule has 0 saturated carbocycles. The molecule has 0 saturated heterocycles. The van der Waals surface area contributed by atoms with Crippen LogP contribution in [0.4, 0.5) is 4.39 Å². The maximum Gasteiger partial charge on any atom is 0.358 e. The number of rotatable bonds is 4. The van der Waals surface area contributed by atoms with Crippen LogP contribution >= 0.6 is 0 Å². The normalized spacial score (nSPS) is 10.5. The zero-order valence-electron chi connectivity index (χ0n) is 12.1. The number of methoxy groups -OCH3 is 1. The van der Waals surface area contributed by atoms with Gasteiger partial charge in [-0.3, -0.25) is 0 Å². The maximum absolute atomic E-state index is 14.0. The highest BCUT2D eigenvalue weighted by molar-refractivity contribution is 5.93. The van der Waals surface area contributed by atoms with Crippen LogP contribution in [0, 0.1) is 5.82 Å². The lowest BCUT2D eigenvalue weighted by Gasteiger charge is -2.09. The summed E-state index contributed by atoms with van der Waals surface area (Å²) in [5.41, 5.74) is 0.610. The number of para-hydroxylation sites is 1. The van der Waals surface area contributed by atoms with Crippen LogP contribution in [0.5, 0.6) is 5.75 Å². The number of carboxylic acid groups (broad SMARTS) is 1. The van der Waals surface area contributed by atoms with Crippen LogP contribution in [-0.4, -0.2) is 33.2 Å². The number of benzene rings is 2. The lowest BCUT2D eigenvalue weighted by molar-refractivity contribution is 0.0691. The molecular weight excluding hydrogens is 301 g/mol. The van der Waals surface area contributed by atoms with E-state index in [9.17, 15) is 14.3 Å². The number of hydrogen-bond donors (Lipinski definition) is 1. The van der Waals surface area contributed by atoms with Crippen molar-refractivity contribution in [3.63, 3.8) is 0 Å². The first-order chi connectivity index (χ1) is 11.1. The zero-order valence-corrected chi connectivity index (χ0v) is 12.1. The van der Waals surface area contributed by atoms with E-state index >= 15 is 0 Å². The van der Waals surface area contributed by atoms with E-state index in [0.717, 1.165) is 0 Å². The molecule has 0 unspecified atom stereocenters. The average molecular weight is 313 g/mol. The SMILES string of the molecule is COc1ccc(-c2c(C(=O)O)nnn2-c2ccccc2F)cc1. The molecule has 0 radical (unpaired) electrons. The molecule has 0 bridgehead atoms. The summed E-state index contributed by atoms with van der Waals surface area (Å²) >= 11 is 0. The Bertz CT molecular complexity index is 859. The van der Waals surface area contributed by atoms with E-state index in [0.29, 0.717) is 11.3 Å². The van der Waals surface area contributed by atoms with Crippen LogP contribution in [0.3, 0.4) is 0 Å². The summed E-state index contributed by atoms with van der Waals surface area (Å²) in [6.07, 6.45) is 0. The van der Waals surface area contributed by atoms with Gasteiger partial charge >= 0.3 is 5.97 Å². The Balaban J connectivity index is 2.22. The van der Waals surface area contributed by atoms with Crippen molar-refractivity contribution >= 4 is 5.97 Å². The molecule has 0 aliphatic rings. The highest BCUT2D eigenvalue weighted by Gasteiger charge is 2.22. The third kappa shape index (κ3) is 2.64. The van der Waals surface area contributed by atoms with E-state index in [1.807, 2.05) is 0 Å². The first kappa shape index (κ1) is 14.7. The highest BCUT2D eigenvalue weighted by atomic mass is 19.1. The second-order valence-electron chi connectivity index (χ2n) is 4.68. The monoisotopic (exact) mass is 313 g/mol. The molecule has 1 heterocycles. The van der Waals surface area contributed by atoms with Crippen LogP contribution in [0.2, 0.25) is 0 Å². The van der Waals surface area contributed by atoms with Gasteiger partial charge in [-0.2, -0.15) is 0 Å². The Morgan fingerprint density at radius 1 is 1.17 bits per heavy atom. The Labute approximate surface area is 130 Å². The van der Waals surface area contributed by atoms with Crippen molar-refractivity contribution in [2.24, 2.45) is 0 Å². The molecule has 0 aliphatic heterocycles. The molecule has 1 aromatic heterocycles. The van der Waals surface area contributed by atoms with E-state index in [2.05, 4.69) is 10.3 Å². The van der Waals surface area contributed by atoms with Gasteiger partial charge in [0.15, 0.2) is 5.69 Å². The van der Waals surface area contributed by atoms with E-state index in [-0.39, 0.29) is 17.1 Å². The van der Waals surface area contributed by atoms with Gasteiger partial charge in [-0.15, -0.1) is 5.10 Å². The average Bonchev–Trinajstić information content (AvgIpc) is 3.00. The van der Waals surface area contributed by atoms with Crippen LogP contribution in [0.25, 0.3) is 16.9 Å². The number of aromatic nitrogens is 3. The van der Waals surface area contributed by atoms with Gasteiger partial charge < -0.3 is 9.84 Å². The number of halogens is 1. The summed E-state index contributed by atoms with van der Waals surface area (Å²) < 4.78 is 20.3. The first-order valence-corrected chi connectivity index (χ1v) is 6.70. The van der Waals surface area contributed by atoms with Crippen molar-refractivity contribution in [3.8, 4) is 22.7 Å². The van der Waals surface area contributed by atoms with Crippen molar-refractivity contribution < 1.29 is 19.0 Å². The number of aromatic carboxylic acids is 1. The lowest BCUT2D eigenvalue weighted by Crippen LogP contribution is -2.04. The first-order valence-electron chi connectivity index (χ1n) is 6.70. The highest BCUT2D eigenvalue weighted by Crippen LogP contribution is 2.28. The standard InChI is InChI=1S/C16H12FN3O3/c1-23-11-8-6-10(7-9-11)15-14(16(21)22)18-19-20(15)13-5-3-2-4-12(13)17/h2-9H,1H3,(H,21,22). The molecule has 0 spiro atoms. The van der Waals surface area contributed by atoms with Gasteiger partial charge in [0.25, 0.3) is 0 Å². The van der Waals surface area contributed by atoms with E-state index in [4.69, 9.17) is 4.74 Å².